The fourth-order valence-corrected chi connectivity index (χ4v) is 3.64. The van der Waals surface area contributed by atoms with E-state index in [1.807, 2.05) is 53.4 Å². The number of methoxy groups -OCH3 is 1. The van der Waals surface area contributed by atoms with Crippen molar-refractivity contribution in [2.75, 3.05) is 26.7 Å². The smallest absolute Gasteiger partial charge is 0.223 e. The van der Waals surface area contributed by atoms with Gasteiger partial charge in [0.25, 0.3) is 0 Å². The Morgan fingerprint density at radius 3 is 2.70 bits per heavy atom. The number of hydrogen-bond acceptors (Lipinski definition) is 3. The molecule has 2 atom stereocenters. The molecule has 1 fully saturated rings. The Balaban J connectivity index is 0.00000261. The number of nitrogens with one attached hydrogen (secondary N) is 1. The minimum absolute atomic E-state index is 0. The molecule has 27 heavy (non-hydrogen) atoms. The predicted octanol–water partition coefficient (Wildman–Crippen LogP) is 4.44. The maximum atomic E-state index is 13.0. The molecule has 0 radical (unpaired) electrons. The van der Waals surface area contributed by atoms with Crippen molar-refractivity contribution < 1.29 is 9.53 Å². The highest BCUT2D eigenvalue weighted by atomic mass is 35.5. The van der Waals surface area contributed by atoms with Gasteiger partial charge in [0.2, 0.25) is 5.91 Å². The minimum atomic E-state index is 0. The van der Waals surface area contributed by atoms with E-state index in [2.05, 4.69) is 12.2 Å². The quantitative estimate of drug-likeness (QED) is 0.794. The molecule has 2 aromatic carbocycles. The van der Waals surface area contributed by atoms with Crippen LogP contribution in [0.15, 0.2) is 48.5 Å². The van der Waals surface area contributed by atoms with Crippen molar-refractivity contribution >= 4 is 29.9 Å². The third-order valence-corrected chi connectivity index (χ3v) is 5.20. The van der Waals surface area contributed by atoms with Crippen molar-refractivity contribution in [2.45, 2.75) is 25.3 Å². The van der Waals surface area contributed by atoms with Crippen LogP contribution in [-0.4, -0.2) is 37.6 Å². The van der Waals surface area contributed by atoms with Gasteiger partial charge in [-0.25, -0.2) is 0 Å². The summed E-state index contributed by atoms with van der Waals surface area (Å²) in [7, 11) is 1.66. The van der Waals surface area contributed by atoms with Gasteiger partial charge in [-0.2, -0.15) is 0 Å². The van der Waals surface area contributed by atoms with Gasteiger partial charge in [-0.1, -0.05) is 42.8 Å². The number of rotatable bonds is 5. The Labute approximate surface area is 172 Å². The van der Waals surface area contributed by atoms with Gasteiger partial charge in [0.05, 0.1) is 13.2 Å². The van der Waals surface area contributed by atoms with Crippen molar-refractivity contribution in [3.05, 3.63) is 64.7 Å². The van der Waals surface area contributed by atoms with E-state index >= 15 is 0 Å². The molecule has 1 heterocycles. The number of carbonyl (C=O) groups excluding carboxylic acids is 1. The predicted molar refractivity (Wildman–Crippen MR) is 112 cm³/mol. The number of benzene rings is 2. The Bertz CT molecular complexity index is 752. The highest BCUT2D eigenvalue weighted by Gasteiger charge is 2.28. The number of carbonyl (C=O) groups is 1. The van der Waals surface area contributed by atoms with E-state index in [1.165, 1.54) is 0 Å². The van der Waals surface area contributed by atoms with Crippen LogP contribution in [0.2, 0.25) is 5.02 Å². The molecular weight excluding hydrogens is 383 g/mol. The molecule has 2 aromatic rings. The fraction of sp³-hybridized carbons (Fsp3) is 0.381. The standard InChI is InChI=1S/C21H25ClN2O2.ClH/c1-15(16-6-8-19(26-2)9-7-16)12-21(25)24-11-10-23-14-20(24)17-4-3-5-18(22)13-17;/h3-9,13,15,20,23H,10-12,14H2,1-2H3;1H. The average Bonchev–Trinajstić information content (AvgIpc) is 2.68. The summed E-state index contributed by atoms with van der Waals surface area (Å²) in [5.74, 6) is 1.17. The summed E-state index contributed by atoms with van der Waals surface area (Å²) in [5.41, 5.74) is 2.23. The molecule has 0 saturated carbocycles. The molecule has 0 spiro atoms. The van der Waals surface area contributed by atoms with E-state index in [0.29, 0.717) is 18.0 Å². The molecule has 0 bridgehead atoms. The normalized spacial score (nSPS) is 17.7. The highest BCUT2D eigenvalue weighted by Crippen LogP contribution is 2.28. The maximum Gasteiger partial charge on any atom is 0.223 e. The van der Waals surface area contributed by atoms with Crippen LogP contribution in [0.25, 0.3) is 0 Å². The Hall–Kier alpha value is -1.75. The lowest BCUT2D eigenvalue weighted by atomic mass is 9.95. The van der Waals surface area contributed by atoms with Crippen LogP contribution in [-0.2, 0) is 4.79 Å². The van der Waals surface area contributed by atoms with Crippen LogP contribution in [0.4, 0.5) is 0 Å². The van der Waals surface area contributed by atoms with Crippen LogP contribution in [0.1, 0.15) is 36.4 Å². The van der Waals surface area contributed by atoms with Gasteiger partial charge in [-0.15, -0.1) is 12.4 Å². The Morgan fingerprint density at radius 2 is 2.04 bits per heavy atom. The molecule has 0 aliphatic carbocycles. The molecule has 6 heteroatoms. The van der Waals surface area contributed by atoms with Crippen LogP contribution in [0, 0.1) is 0 Å². The number of nitrogens with zero attached hydrogens (tertiary/aromatic N) is 1. The molecule has 4 nitrogen and oxygen atoms in total. The third kappa shape index (κ3) is 5.38. The zero-order valence-electron chi connectivity index (χ0n) is 15.7. The third-order valence-electron chi connectivity index (χ3n) is 4.96. The number of piperazine rings is 1. The van der Waals surface area contributed by atoms with Crippen molar-refractivity contribution in [1.29, 1.82) is 0 Å². The summed E-state index contributed by atoms with van der Waals surface area (Å²) in [6.07, 6.45) is 0.489. The lowest BCUT2D eigenvalue weighted by molar-refractivity contribution is -0.134. The van der Waals surface area contributed by atoms with Crippen LogP contribution < -0.4 is 10.1 Å². The van der Waals surface area contributed by atoms with E-state index in [1.54, 1.807) is 7.11 Å². The zero-order chi connectivity index (χ0) is 18.5. The second-order valence-corrected chi connectivity index (χ2v) is 7.18. The van der Waals surface area contributed by atoms with Gasteiger partial charge in [0, 0.05) is 31.1 Å². The second kappa shape index (κ2) is 9.98. The summed E-state index contributed by atoms with van der Waals surface area (Å²) in [4.78, 5) is 15.0. The largest absolute Gasteiger partial charge is 0.497 e. The summed E-state index contributed by atoms with van der Waals surface area (Å²) in [5, 5.41) is 4.09. The first-order valence-corrected chi connectivity index (χ1v) is 9.36. The van der Waals surface area contributed by atoms with Gasteiger partial charge >= 0.3 is 0 Å². The maximum absolute atomic E-state index is 13.0. The molecule has 1 aliphatic rings. The van der Waals surface area contributed by atoms with E-state index in [0.717, 1.165) is 30.0 Å². The molecule has 3 rings (SSSR count). The average molecular weight is 409 g/mol. The van der Waals surface area contributed by atoms with Gasteiger partial charge in [-0.05, 0) is 41.3 Å². The van der Waals surface area contributed by atoms with Crippen molar-refractivity contribution in [3.63, 3.8) is 0 Å². The summed E-state index contributed by atoms with van der Waals surface area (Å²) in [6, 6.07) is 15.8. The molecule has 1 amide bonds. The van der Waals surface area contributed by atoms with Crippen LogP contribution in [0.3, 0.4) is 0 Å². The summed E-state index contributed by atoms with van der Waals surface area (Å²) >= 11 is 6.15. The summed E-state index contributed by atoms with van der Waals surface area (Å²) < 4.78 is 5.20. The molecule has 1 N–H and O–H groups in total. The Morgan fingerprint density at radius 1 is 1.30 bits per heavy atom. The van der Waals surface area contributed by atoms with E-state index < -0.39 is 0 Å². The van der Waals surface area contributed by atoms with E-state index in [9.17, 15) is 4.79 Å². The number of halogens is 2. The first kappa shape index (κ1) is 21.5. The summed E-state index contributed by atoms with van der Waals surface area (Å²) in [6.45, 7) is 4.38. The number of amides is 1. The van der Waals surface area contributed by atoms with Gasteiger partial charge in [-0.3, -0.25) is 4.79 Å². The van der Waals surface area contributed by atoms with E-state index in [-0.39, 0.29) is 30.3 Å². The fourth-order valence-electron chi connectivity index (χ4n) is 3.44. The highest BCUT2D eigenvalue weighted by molar-refractivity contribution is 6.30. The topological polar surface area (TPSA) is 41.6 Å². The first-order valence-electron chi connectivity index (χ1n) is 8.98. The van der Waals surface area contributed by atoms with Gasteiger partial charge in [0.1, 0.15) is 5.75 Å². The molecular formula is C21H26Cl2N2O2. The molecule has 1 saturated heterocycles. The van der Waals surface area contributed by atoms with Crippen LogP contribution in [0.5, 0.6) is 5.75 Å². The monoisotopic (exact) mass is 408 g/mol. The molecule has 0 aromatic heterocycles. The number of hydrogen-bond donors (Lipinski definition) is 1. The van der Waals surface area contributed by atoms with Crippen LogP contribution >= 0.6 is 24.0 Å². The second-order valence-electron chi connectivity index (χ2n) is 6.74. The SMILES string of the molecule is COc1ccc(C(C)CC(=O)N2CCNCC2c2cccc(Cl)c2)cc1.Cl. The lowest BCUT2D eigenvalue weighted by Gasteiger charge is -2.37. The minimum Gasteiger partial charge on any atom is -0.497 e. The lowest BCUT2D eigenvalue weighted by Crippen LogP contribution is -2.48. The number of ether oxygens (including phenoxy) is 1. The van der Waals surface area contributed by atoms with E-state index in [4.69, 9.17) is 16.3 Å². The molecule has 1 aliphatic heterocycles. The zero-order valence-corrected chi connectivity index (χ0v) is 17.2. The van der Waals surface area contributed by atoms with Crippen molar-refractivity contribution in [3.8, 4) is 5.75 Å². The Kier molecular flexibility index (Phi) is 7.96. The van der Waals surface area contributed by atoms with Crippen molar-refractivity contribution in [1.82, 2.24) is 10.2 Å². The van der Waals surface area contributed by atoms with Crippen molar-refractivity contribution in [2.24, 2.45) is 0 Å². The first-order chi connectivity index (χ1) is 12.6. The molecule has 146 valence electrons. The van der Waals surface area contributed by atoms with Gasteiger partial charge in [0.15, 0.2) is 0 Å². The van der Waals surface area contributed by atoms with Gasteiger partial charge < -0.3 is 15.0 Å². The molecule has 2 unspecified atom stereocenters.